The average molecular weight is 624 g/mol. The maximum atomic E-state index is 14.5. The molecule has 2 atom stereocenters. The van der Waals surface area contributed by atoms with Crippen molar-refractivity contribution >= 4 is 56.2 Å². The molecule has 4 heterocycles. The van der Waals surface area contributed by atoms with Gasteiger partial charge in [-0.2, -0.15) is 5.10 Å². The van der Waals surface area contributed by atoms with Crippen LogP contribution in [0.15, 0.2) is 47.3 Å². The summed E-state index contributed by atoms with van der Waals surface area (Å²) in [4.78, 5) is 64.0. The number of carboxylic acid groups (broad SMARTS) is 1. The van der Waals surface area contributed by atoms with Gasteiger partial charge in [0.1, 0.15) is 46.3 Å². The van der Waals surface area contributed by atoms with Gasteiger partial charge in [-0.15, -0.1) is 0 Å². The summed E-state index contributed by atoms with van der Waals surface area (Å²) in [5.74, 6) is -2.60. The highest BCUT2D eigenvalue weighted by atomic mass is 79.9. The van der Waals surface area contributed by atoms with Crippen LogP contribution in [0.1, 0.15) is 40.0 Å². The third-order valence-corrected chi connectivity index (χ3v) is 7.13. The van der Waals surface area contributed by atoms with Crippen LogP contribution in [0.2, 0.25) is 0 Å². The van der Waals surface area contributed by atoms with Crippen LogP contribution in [-0.4, -0.2) is 77.1 Å². The number of aromatic nitrogens is 5. The van der Waals surface area contributed by atoms with Crippen LogP contribution in [0.3, 0.4) is 0 Å². The fraction of sp³-hybridized carbons (Fsp3) is 0.259. The highest BCUT2D eigenvalue weighted by Gasteiger charge is 2.40. The van der Waals surface area contributed by atoms with Gasteiger partial charge in [0, 0.05) is 36.7 Å². The lowest BCUT2D eigenvalue weighted by molar-refractivity contribution is -0.137. The van der Waals surface area contributed by atoms with Gasteiger partial charge in [0.2, 0.25) is 11.8 Å². The van der Waals surface area contributed by atoms with Gasteiger partial charge in [-0.05, 0) is 52.7 Å². The molecule has 0 radical (unpaired) electrons. The molecule has 2 N–H and O–H groups in total. The first kappa shape index (κ1) is 28.0. The maximum absolute atomic E-state index is 14.5. The van der Waals surface area contributed by atoms with Gasteiger partial charge in [0.15, 0.2) is 5.78 Å². The van der Waals surface area contributed by atoms with E-state index >= 15 is 0 Å². The largest absolute Gasteiger partial charge is 0.478 e. The number of aryl methyl sites for hydroxylation is 1. The first-order valence-electron chi connectivity index (χ1n) is 12.5. The fourth-order valence-electron chi connectivity index (χ4n) is 4.71. The number of hydrogen-bond acceptors (Lipinski definition) is 8. The Morgan fingerprint density at radius 1 is 1.12 bits per heavy atom. The molecule has 1 aliphatic heterocycles. The minimum Gasteiger partial charge on any atom is -0.478 e. The van der Waals surface area contributed by atoms with Crippen LogP contribution in [0.5, 0.6) is 0 Å². The number of ketones is 1. The van der Waals surface area contributed by atoms with Gasteiger partial charge >= 0.3 is 5.97 Å². The molecule has 3 aromatic heterocycles. The minimum absolute atomic E-state index is 0.156. The number of alkyl halides is 1. The summed E-state index contributed by atoms with van der Waals surface area (Å²) < 4.78 is 16.2. The van der Waals surface area contributed by atoms with E-state index < -0.39 is 30.0 Å². The number of hydrogen-bond donors (Lipinski definition) is 2. The lowest BCUT2D eigenvalue weighted by Gasteiger charge is -2.24. The molecule has 5 rings (SSSR count). The van der Waals surface area contributed by atoms with Crippen LogP contribution < -0.4 is 5.32 Å². The Bertz CT molecular complexity index is 1710. The maximum Gasteiger partial charge on any atom is 0.339 e. The molecular formula is C27H23BrFN7O5. The molecule has 12 nitrogen and oxygen atoms in total. The number of carbonyl (C=O) groups excluding carboxylic acids is 3. The Morgan fingerprint density at radius 2 is 1.85 bits per heavy atom. The van der Waals surface area contributed by atoms with Crippen molar-refractivity contribution in [1.29, 1.82) is 0 Å². The summed E-state index contributed by atoms with van der Waals surface area (Å²) in [6.45, 7) is 2.45. The molecule has 0 bridgehead atoms. The lowest BCUT2D eigenvalue weighted by atomic mass is 10.0. The summed E-state index contributed by atoms with van der Waals surface area (Å²) in [6, 6.07) is 6.73. The van der Waals surface area contributed by atoms with E-state index in [2.05, 4.69) is 41.3 Å². The Balaban J connectivity index is 1.41. The summed E-state index contributed by atoms with van der Waals surface area (Å²) in [5.41, 5.74) is 1.89. The minimum atomic E-state index is -1.47. The predicted octanol–water partition coefficient (Wildman–Crippen LogP) is 3.44. The van der Waals surface area contributed by atoms with Gasteiger partial charge in [-0.1, -0.05) is 6.07 Å². The molecular weight excluding hydrogens is 601 g/mol. The van der Waals surface area contributed by atoms with E-state index in [4.69, 9.17) is 0 Å². The molecule has 210 valence electrons. The number of carboxylic acids is 1. The van der Waals surface area contributed by atoms with Gasteiger partial charge in [0.25, 0.3) is 0 Å². The van der Waals surface area contributed by atoms with Gasteiger partial charge < -0.3 is 15.3 Å². The molecule has 0 spiro atoms. The molecule has 1 aromatic carbocycles. The van der Waals surface area contributed by atoms with Gasteiger partial charge in [-0.3, -0.25) is 19.1 Å². The highest BCUT2D eigenvalue weighted by Crippen LogP contribution is 2.28. The number of benzene rings is 1. The van der Waals surface area contributed by atoms with Crippen molar-refractivity contribution < 1.29 is 28.7 Å². The number of aromatic carboxylic acids is 1. The Kier molecular flexibility index (Phi) is 7.58. The van der Waals surface area contributed by atoms with E-state index in [0.29, 0.717) is 16.7 Å². The van der Waals surface area contributed by atoms with Crippen molar-refractivity contribution in [3.05, 3.63) is 64.4 Å². The highest BCUT2D eigenvalue weighted by molar-refractivity contribution is 9.10. The van der Waals surface area contributed by atoms with E-state index in [1.54, 1.807) is 37.5 Å². The number of pyridine rings is 1. The number of fused-ring (bicyclic) bond motifs is 1. The van der Waals surface area contributed by atoms with Crippen LogP contribution in [0, 0.1) is 6.92 Å². The van der Waals surface area contributed by atoms with E-state index in [1.807, 2.05) is 0 Å². The summed E-state index contributed by atoms with van der Waals surface area (Å²) in [7, 11) is 0. The third kappa shape index (κ3) is 5.68. The standard InChI is InChI=1S/C27H23BrFN7O5/c1-13(37)24-19-7-15(16-9-30-14(2)31-10-16)3-5-20(19)36(34-24)12-23(38)35-11-17(29)8-21(35)26(39)33-25-18(27(40)41)4-6-22(28)32-25/h3-7,9-10,17,21H,8,11-12H2,1-2H3,(H,40,41)(H,32,33,39)/t17-,21+/m1/s1. The van der Waals surface area contributed by atoms with Gasteiger partial charge in [0.05, 0.1) is 12.1 Å². The molecule has 1 saturated heterocycles. The van der Waals surface area contributed by atoms with Crippen LogP contribution in [-0.2, 0) is 16.1 Å². The second kappa shape index (κ2) is 11.1. The quantitative estimate of drug-likeness (QED) is 0.232. The zero-order valence-electron chi connectivity index (χ0n) is 21.8. The number of amides is 2. The van der Waals surface area contributed by atoms with E-state index in [9.17, 15) is 28.7 Å². The van der Waals surface area contributed by atoms with Crippen molar-refractivity contribution in [2.45, 2.75) is 39.0 Å². The molecule has 2 amide bonds. The number of likely N-dealkylation sites (tertiary alicyclic amines) is 1. The lowest BCUT2D eigenvalue weighted by Crippen LogP contribution is -2.44. The number of nitrogens with zero attached hydrogens (tertiary/aromatic N) is 6. The topological polar surface area (TPSA) is 160 Å². The van der Waals surface area contributed by atoms with Crippen LogP contribution in [0.25, 0.3) is 22.0 Å². The average Bonchev–Trinajstić information content (AvgIpc) is 3.49. The smallest absolute Gasteiger partial charge is 0.339 e. The van der Waals surface area contributed by atoms with Crippen molar-refractivity contribution in [1.82, 2.24) is 29.6 Å². The number of carbonyl (C=O) groups is 4. The Labute approximate surface area is 240 Å². The predicted molar refractivity (Wildman–Crippen MR) is 148 cm³/mol. The Hall–Kier alpha value is -4.59. The monoisotopic (exact) mass is 623 g/mol. The normalized spacial score (nSPS) is 16.6. The van der Waals surface area contributed by atoms with Crippen molar-refractivity contribution in [2.24, 2.45) is 0 Å². The van der Waals surface area contributed by atoms with Gasteiger partial charge in [-0.25, -0.2) is 24.1 Å². The molecule has 41 heavy (non-hydrogen) atoms. The van der Waals surface area contributed by atoms with Crippen molar-refractivity contribution in [2.75, 3.05) is 11.9 Å². The number of halogens is 2. The van der Waals surface area contributed by atoms with E-state index in [0.717, 1.165) is 16.0 Å². The first-order chi connectivity index (χ1) is 19.5. The van der Waals surface area contributed by atoms with Crippen LogP contribution >= 0.6 is 15.9 Å². The second-order valence-electron chi connectivity index (χ2n) is 9.53. The molecule has 4 aromatic rings. The third-order valence-electron chi connectivity index (χ3n) is 6.69. The number of anilines is 1. The number of Topliss-reactive ketones (excluding diaryl/α,β-unsaturated/α-hetero) is 1. The molecule has 14 heteroatoms. The fourth-order valence-corrected chi connectivity index (χ4v) is 5.02. The van der Waals surface area contributed by atoms with Crippen molar-refractivity contribution in [3.8, 4) is 11.1 Å². The summed E-state index contributed by atoms with van der Waals surface area (Å²) >= 11 is 3.13. The SMILES string of the molecule is CC(=O)c1nn(CC(=O)N2C[C@H](F)C[C@H]2C(=O)Nc2nc(Br)ccc2C(=O)O)c2ccc(-c3cnc(C)nc3)cc12. The first-order valence-corrected chi connectivity index (χ1v) is 13.3. The summed E-state index contributed by atoms with van der Waals surface area (Å²) in [5, 5.41) is 16.7. The number of nitrogens with one attached hydrogen (secondary N) is 1. The van der Waals surface area contributed by atoms with Crippen molar-refractivity contribution in [3.63, 3.8) is 0 Å². The molecule has 1 aliphatic rings. The molecule has 1 fully saturated rings. The molecule has 0 unspecified atom stereocenters. The molecule has 0 saturated carbocycles. The summed E-state index contributed by atoms with van der Waals surface area (Å²) in [6.07, 6.45) is 1.60. The Morgan fingerprint density at radius 3 is 2.54 bits per heavy atom. The molecule has 0 aliphatic carbocycles. The zero-order chi connectivity index (χ0) is 29.4. The van der Waals surface area contributed by atoms with E-state index in [-0.39, 0.29) is 47.0 Å². The van der Waals surface area contributed by atoms with Crippen LogP contribution in [0.4, 0.5) is 10.2 Å². The second-order valence-corrected chi connectivity index (χ2v) is 10.3. The van der Waals surface area contributed by atoms with E-state index in [1.165, 1.54) is 23.7 Å². The zero-order valence-corrected chi connectivity index (χ0v) is 23.4. The number of rotatable bonds is 7.